The zero-order valence-electron chi connectivity index (χ0n) is 10.1. The molecule has 3 rings (SSSR count). The number of oxazole rings is 1. The molecule has 1 aliphatic rings. The summed E-state index contributed by atoms with van der Waals surface area (Å²) >= 11 is 0.909. The van der Waals surface area contributed by atoms with Crippen LogP contribution in [0.3, 0.4) is 0 Å². The molecule has 0 radical (unpaired) electrons. The fraction of sp³-hybridized carbons (Fsp3) is 0.308. The summed E-state index contributed by atoms with van der Waals surface area (Å²) in [6.45, 7) is 0.297. The molecule has 2 aromatic heterocycles. The Hall–Kier alpha value is -2.00. The summed E-state index contributed by atoms with van der Waals surface area (Å²) in [5.74, 6) is 1.01. The first-order valence-electron chi connectivity index (χ1n) is 5.96. The number of pyridine rings is 1. The predicted molar refractivity (Wildman–Crippen MR) is 69.8 cm³/mol. The number of rotatable bonds is 4. The molecule has 0 saturated heterocycles. The monoisotopic (exact) mass is 273 g/mol. The van der Waals surface area contributed by atoms with Gasteiger partial charge >= 0.3 is 0 Å². The van der Waals surface area contributed by atoms with Crippen molar-refractivity contribution in [3.8, 4) is 5.40 Å². The maximum Gasteiger partial charge on any atom is 0.265 e. The van der Waals surface area contributed by atoms with Gasteiger partial charge in [-0.15, -0.1) is 0 Å². The standard InChI is InChI=1S/C13H11N3O2S/c14-8-19-11-5-10(9-1-2-9)6-16(13(11)17)7-12-15-3-4-18-12/h3-6,9H,1-2,7H2. The molecule has 0 N–H and O–H groups in total. The molecule has 5 nitrogen and oxygen atoms in total. The number of nitrogens with zero attached hydrogens (tertiary/aromatic N) is 3. The van der Waals surface area contributed by atoms with Crippen LogP contribution in [0.25, 0.3) is 0 Å². The van der Waals surface area contributed by atoms with Crippen LogP contribution in [0.1, 0.15) is 30.2 Å². The fourth-order valence-corrected chi connectivity index (χ4v) is 2.48. The highest BCUT2D eigenvalue weighted by Gasteiger charge is 2.25. The van der Waals surface area contributed by atoms with Crippen LogP contribution in [0.4, 0.5) is 0 Å². The van der Waals surface area contributed by atoms with E-state index in [1.165, 1.54) is 6.26 Å². The smallest absolute Gasteiger partial charge is 0.265 e. The molecular weight excluding hydrogens is 262 g/mol. The third-order valence-corrected chi connectivity index (χ3v) is 3.67. The summed E-state index contributed by atoms with van der Waals surface area (Å²) < 4.78 is 6.73. The Bertz CT molecular complexity index is 681. The summed E-state index contributed by atoms with van der Waals surface area (Å²) in [7, 11) is 0. The van der Waals surface area contributed by atoms with E-state index in [9.17, 15) is 4.79 Å². The van der Waals surface area contributed by atoms with E-state index in [1.54, 1.807) is 10.8 Å². The van der Waals surface area contributed by atoms with E-state index in [0.29, 0.717) is 23.2 Å². The Morgan fingerprint density at radius 3 is 3.05 bits per heavy atom. The van der Waals surface area contributed by atoms with Gasteiger partial charge < -0.3 is 8.98 Å². The Morgan fingerprint density at radius 1 is 1.58 bits per heavy atom. The quantitative estimate of drug-likeness (QED) is 0.631. The van der Waals surface area contributed by atoms with Crippen molar-refractivity contribution in [2.24, 2.45) is 0 Å². The molecule has 96 valence electrons. The Kier molecular flexibility index (Phi) is 3.13. The van der Waals surface area contributed by atoms with Crippen LogP contribution in [-0.4, -0.2) is 9.55 Å². The molecule has 19 heavy (non-hydrogen) atoms. The van der Waals surface area contributed by atoms with Gasteiger partial charge in [0.1, 0.15) is 18.2 Å². The van der Waals surface area contributed by atoms with Crippen LogP contribution in [0.15, 0.2) is 38.8 Å². The van der Waals surface area contributed by atoms with Crippen LogP contribution < -0.4 is 5.56 Å². The predicted octanol–water partition coefficient (Wildman–Crippen LogP) is 2.34. The molecule has 0 aromatic carbocycles. The molecule has 1 fully saturated rings. The van der Waals surface area contributed by atoms with E-state index in [4.69, 9.17) is 9.68 Å². The minimum atomic E-state index is -0.172. The Balaban J connectivity index is 2.01. The molecule has 0 amide bonds. The molecule has 6 heteroatoms. The highest BCUT2D eigenvalue weighted by Crippen LogP contribution is 2.40. The summed E-state index contributed by atoms with van der Waals surface area (Å²) in [4.78, 5) is 16.7. The number of thioether (sulfide) groups is 1. The van der Waals surface area contributed by atoms with E-state index in [1.807, 2.05) is 17.7 Å². The lowest BCUT2D eigenvalue weighted by Gasteiger charge is -2.08. The summed E-state index contributed by atoms with van der Waals surface area (Å²) in [6.07, 6.45) is 7.18. The highest BCUT2D eigenvalue weighted by molar-refractivity contribution is 8.03. The number of nitriles is 1. The maximum atomic E-state index is 12.2. The molecule has 0 aliphatic heterocycles. The lowest BCUT2D eigenvalue weighted by molar-refractivity contribution is 0.472. The van der Waals surface area contributed by atoms with Crippen molar-refractivity contribution in [2.75, 3.05) is 0 Å². The van der Waals surface area contributed by atoms with Crippen molar-refractivity contribution in [1.82, 2.24) is 9.55 Å². The molecule has 0 unspecified atom stereocenters. The van der Waals surface area contributed by atoms with Crippen molar-refractivity contribution in [3.63, 3.8) is 0 Å². The van der Waals surface area contributed by atoms with Gasteiger partial charge in [0, 0.05) is 6.20 Å². The van der Waals surface area contributed by atoms with Gasteiger partial charge in [0.2, 0.25) is 5.89 Å². The van der Waals surface area contributed by atoms with Crippen LogP contribution in [0.2, 0.25) is 0 Å². The number of hydrogen-bond donors (Lipinski definition) is 0. The summed E-state index contributed by atoms with van der Waals surface area (Å²) in [6, 6.07) is 1.83. The number of thiocyanates is 1. The zero-order valence-corrected chi connectivity index (χ0v) is 10.9. The first-order valence-corrected chi connectivity index (χ1v) is 6.78. The van der Waals surface area contributed by atoms with Gasteiger partial charge in [-0.05, 0) is 42.2 Å². The average molecular weight is 273 g/mol. The van der Waals surface area contributed by atoms with Crippen molar-refractivity contribution in [3.05, 3.63) is 46.5 Å². The molecule has 0 spiro atoms. The molecular formula is C13H11N3O2S. The number of aromatic nitrogens is 2. The lowest BCUT2D eigenvalue weighted by Crippen LogP contribution is -2.22. The highest BCUT2D eigenvalue weighted by atomic mass is 32.2. The minimum absolute atomic E-state index is 0.172. The number of hydrogen-bond acceptors (Lipinski definition) is 5. The van der Waals surface area contributed by atoms with Gasteiger partial charge in [-0.2, -0.15) is 5.26 Å². The van der Waals surface area contributed by atoms with Gasteiger partial charge in [-0.3, -0.25) is 4.79 Å². The van der Waals surface area contributed by atoms with Gasteiger partial charge in [0.25, 0.3) is 5.56 Å². The van der Waals surface area contributed by atoms with E-state index in [0.717, 1.165) is 30.2 Å². The normalized spacial score (nSPS) is 14.3. The first-order chi connectivity index (χ1) is 9.28. The van der Waals surface area contributed by atoms with E-state index >= 15 is 0 Å². The molecule has 2 aromatic rings. The third-order valence-electron chi connectivity index (χ3n) is 3.07. The summed E-state index contributed by atoms with van der Waals surface area (Å²) in [5.41, 5.74) is 0.943. The topological polar surface area (TPSA) is 71.8 Å². The van der Waals surface area contributed by atoms with Crippen LogP contribution >= 0.6 is 11.8 Å². The van der Waals surface area contributed by atoms with E-state index < -0.39 is 0 Å². The molecule has 1 saturated carbocycles. The Labute approximate surface area is 113 Å². The maximum absolute atomic E-state index is 12.2. The fourth-order valence-electron chi connectivity index (χ4n) is 1.99. The van der Waals surface area contributed by atoms with Crippen molar-refractivity contribution in [1.29, 1.82) is 5.26 Å². The average Bonchev–Trinajstić information content (AvgIpc) is 3.13. The van der Waals surface area contributed by atoms with Crippen LogP contribution in [-0.2, 0) is 6.54 Å². The molecule has 1 aliphatic carbocycles. The van der Waals surface area contributed by atoms with Crippen LogP contribution in [0.5, 0.6) is 0 Å². The van der Waals surface area contributed by atoms with Crippen LogP contribution in [0, 0.1) is 10.7 Å². The second-order valence-electron chi connectivity index (χ2n) is 4.46. The van der Waals surface area contributed by atoms with E-state index in [-0.39, 0.29) is 5.56 Å². The molecule has 0 bridgehead atoms. The Morgan fingerprint density at radius 2 is 2.42 bits per heavy atom. The first kappa shape index (κ1) is 12.1. The molecule has 2 heterocycles. The largest absolute Gasteiger partial charge is 0.447 e. The van der Waals surface area contributed by atoms with Gasteiger partial charge in [-0.25, -0.2) is 4.98 Å². The third kappa shape index (κ3) is 2.56. The van der Waals surface area contributed by atoms with Gasteiger partial charge in [-0.1, -0.05) is 0 Å². The minimum Gasteiger partial charge on any atom is -0.447 e. The van der Waals surface area contributed by atoms with Crippen molar-refractivity contribution >= 4 is 11.8 Å². The second-order valence-corrected chi connectivity index (χ2v) is 5.29. The zero-order chi connectivity index (χ0) is 13.2. The SMILES string of the molecule is N#CSc1cc(C2CC2)cn(Cc2ncco2)c1=O. The van der Waals surface area contributed by atoms with Crippen molar-refractivity contribution in [2.45, 2.75) is 30.2 Å². The summed E-state index contributed by atoms with van der Waals surface area (Å²) in [5, 5.41) is 10.7. The van der Waals surface area contributed by atoms with Gasteiger partial charge in [0.15, 0.2) is 0 Å². The van der Waals surface area contributed by atoms with Crippen molar-refractivity contribution < 1.29 is 4.42 Å². The molecule has 0 atom stereocenters. The second kappa shape index (κ2) is 4.94. The lowest BCUT2D eigenvalue weighted by atomic mass is 10.2. The van der Waals surface area contributed by atoms with E-state index in [2.05, 4.69) is 4.98 Å². The van der Waals surface area contributed by atoms with Gasteiger partial charge in [0.05, 0.1) is 11.1 Å².